The van der Waals surface area contributed by atoms with Crippen LogP contribution in [0.3, 0.4) is 0 Å². The van der Waals surface area contributed by atoms with Crippen molar-refractivity contribution in [2.24, 2.45) is 5.92 Å². The molecule has 24 nitrogen and oxygen atoms in total. The molecule has 0 fully saturated rings. The van der Waals surface area contributed by atoms with E-state index in [0.29, 0.717) is 40.1 Å². The number of thioether (sulfide) groups is 1. The highest BCUT2D eigenvalue weighted by molar-refractivity contribution is 7.98. The van der Waals surface area contributed by atoms with Crippen LogP contribution in [0.4, 0.5) is 4.79 Å². The third-order valence-corrected chi connectivity index (χ3v) is 14.6. The molecule has 27 heteroatoms. The molecule has 2 aromatic carbocycles. The Balaban J connectivity index is 1.45. The molecular formula is C54H71ClN10O14PS+. The Labute approximate surface area is 478 Å². The number of carboxylic acids is 1. The maximum absolute atomic E-state index is 14.3. The minimum atomic E-state index is -3.34. The zero-order chi connectivity index (χ0) is 59.0. The van der Waals surface area contributed by atoms with E-state index in [4.69, 9.17) is 20.6 Å². The minimum Gasteiger partial charge on any atom is -0.506 e. The van der Waals surface area contributed by atoms with E-state index in [1.807, 2.05) is 50.4 Å². The Morgan fingerprint density at radius 2 is 1.69 bits per heavy atom. The third-order valence-electron chi connectivity index (χ3n) is 13.1. The molecule has 1 aliphatic heterocycles. The number of carboxylic acid groups (broad SMARTS) is 1. The molecule has 0 saturated heterocycles. The number of carbonyl (C=O) groups excluding carboxylic acids is 8. The molecule has 5 rings (SSSR count). The molecule has 0 spiro atoms. The summed E-state index contributed by atoms with van der Waals surface area (Å²) in [5, 5.41) is 42.9. The summed E-state index contributed by atoms with van der Waals surface area (Å²) < 4.78 is 23.8. The summed E-state index contributed by atoms with van der Waals surface area (Å²) in [5.74, 6) is -6.21. The number of H-pyrrole nitrogens is 1. The fourth-order valence-corrected chi connectivity index (χ4v) is 9.65. The lowest BCUT2D eigenvalue weighted by atomic mass is 10.0. The molecule has 0 saturated carbocycles. The monoisotopic (exact) mass is 1180 g/mol. The van der Waals surface area contributed by atoms with Gasteiger partial charge >= 0.3 is 20.3 Å². The average Bonchev–Trinajstić information content (AvgIpc) is 3.90. The van der Waals surface area contributed by atoms with Crippen LogP contribution in [0.5, 0.6) is 5.75 Å². The summed E-state index contributed by atoms with van der Waals surface area (Å²) in [6.45, 7) is 4.58. The first-order chi connectivity index (χ1) is 38.7. The molecular weight excluding hydrogens is 1110 g/mol. The second-order valence-corrected chi connectivity index (χ2v) is 22.0. The van der Waals surface area contributed by atoms with E-state index in [1.54, 1.807) is 24.4 Å². The number of hydrogen-bond acceptors (Lipinski definition) is 15. The molecule has 6 atom stereocenters. The first-order valence-corrected chi connectivity index (χ1v) is 29.4. The summed E-state index contributed by atoms with van der Waals surface area (Å²) in [7, 11) is -3.34. The second kappa shape index (κ2) is 32.8. The maximum Gasteiger partial charge on any atom is 0.755 e. The fourth-order valence-electron chi connectivity index (χ4n) is 8.52. The highest BCUT2D eigenvalue weighted by atomic mass is 35.5. The van der Waals surface area contributed by atoms with Crippen molar-refractivity contribution in [2.45, 2.75) is 135 Å². The number of carbonyl (C=O) groups is 9. The van der Waals surface area contributed by atoms with Gasteiger partial charge in [-0.15, -0.1) is 4.52 Å². The number of rotatable bonds is 18. The number of benzene rings is 2. The number of aliphatic carboxylic acids is 1. The van der Waals surface area contributed by atoms with Crippen molar-refractivity contribution in [2.75, 3.05) is 25.1 Å². The Bertz CT molecular complexity index is 2880. The van der Waals surface area contributed by atoms with Crippen LogP contribution >= 0.6 is 31.6 Å². The number of aromatic nitrogens is 2. The van der Waals surface area contributed by atoms with Gasteiger partial charge in [0, 0.05) is 82.9 Å². The lowest BCUT2D eigenvalue weighted by Crippen LogP contribution is -2.57. The molecule has 2 aromatic heterocycles. The molecule has 0 radical (unpaired) electrons. The Kier molecular flexibility index (Phi) is 26.1. The Morgan fingerprint density at radius 1 is 0.938 bits per heavy atom. The number of hydrogen-bond donors (Lipinski definition) is 11. The van der Waals surface area contributed by atoms with Crippen LogP contribution < -0.4 is 42.5 Å². The van der Waals surface area contributed by atoms with Gasteiger partial charge < -0.3 is 57.7 Å². The summed E-state index contributed by atoms with van der Waals surface area (Å²) in [6.07, 6.45) is 3.02. The van der Waals surface area contributed by atoms with Crippen molar-refractivity contribution >= 4 is 95.9 Å². The van der Waals surface area contributed by atoms with Crippen LogP contribution in [0.2, 0.25) is 5.02 Å². The molecule has 1 unspecified atom stereocenters. The minimum absolute atomic E-state index is 0.0118. The fraction of sp³-hybridized carbons (Fsp3) is 0.481. The van der Waals surface area contributed by atoms with Crippen molar-refractivity contribution in [1.82, 2.24) is 52.5 Å². The van der Waals surface area contributed by atoms with E-state index in [1.165, 1.54) is 24.9 Å². The van der Waals surface area contributed by atoms with Gasteiger partial charge in [-0.2, -0.15) is 16.3 Å². The number of nitrogens with zero attached hydrogens (tertiary/aromatic N) is 1. The number of fused-ring (bicyclic) bond motifs is 2. The van der Waals surface area contributed by atoms with E-state index in [9.17, 15) is 57.9 Å². The van der Waals surface area contributed by atoms with Gasteiger partial charge in [0.05, 0.1) is 12.1 Å². The number of halogens is 1. The largest absolute Gasteiger partial charge is 0.755 e. The van der Waals surface area contributed by atoms with E-state index in [-0.39, 0.29) is 92.6 Å². The lowest BCUT2D eigenvalue weighted by Gasteiger charge is -2.25. The summed E-state index contributed by atoms with van der Waals surface area (Å²) in [6, 6.07) is 7.20. The molecule has 11 N–H and O–H groups in total. The van der Waals surface area contributed by atoms with Crippen LogP contribution in [0.1, 0.15) is 99.6 Å². The zero-order valence-corrected chi connectivity index (χ0v) is 48.0. The van der Waals surface area contributed by atoms with Gasteiger partial charge in [0.15, 0.2) is 0 Å². The van der Waals surface area contributed by atoms with Crippen LogP contribution in [0.25, 0.3) is 10.9 Å². The van der Waals surface area contributed by atoms with Gasteiger partial charge in [0.1, 0.15) is 42.6 Å². The molecule has 438 valence electrons. The number of aromatic hydroxyl groups is 1. The normalized spacial score (nSPS) is 19.3. The number of aryl methyl sites for hydroxylation is 2. The highest BCUT2D eigenvalue weighted by Gasteiger charge is 2.35. The molecule has 81 heavy (non-hydrogen) atoms. The number of pyridine rings is 1. The molecule has 0 aliphatic carbocycles. The first-order valence-electron chi connectivity index (χ1n) is 26.5. The number of aromatic amines is 1. The smallest absolute Gasteiger partial charge is 0.506 e. The van der Waals surface area contributed by atoms with Crippen LogP contribution in [-0.2, 0) is 78.0 Å². The van der Waals surface area contributed by atoms with Gasteiger partial charge in [-0.1, -0.05) is 61.8 Å². The van der Waals surface area contributed by atoms with E-state index >= 15 is 0 Å². The van der Waals surface area contributed by atoms with E-state index < -0.39 is 112 Å². The van der Waals surface area contributed by atoms with E-state index in [0.717, 1.165) is 5.56 Å². The van der Waals surface area contributed by atoms with Crippen molar-refractivity contribution in [1.29, 1.82) is 0 Å². The van der Waals surface area contributed by atoms with Gasteiger partial charge in [-0.3, -0.25) is 43.3 Å². The van der Waals surface area contributed by atoms with Gasteiger partial charge in [0.25, 0.3) is 0 Å². The van der Waals surface area contributed by atoms with Crippen molar-refractivity contribution in [3.8, 4) is 5.75 Å². The summed E-state index contributed by atoms with van der Waals surface area (Å²) >= 11 is 7.66. The molecule has 0 bridgehead atoms. The summed E-state index contributed by atoms with van der Waals surface area (Å²) in [4.78, 5) is 130. The van der Waals surface area contributed by atoms with Crippen LogP contribution in [-0.4, -0.2) is 129 Å². The highest BCUT2D eigenvalue weighted by Crippen LogP contribution is 2.30. The number of nitrogens with one attached hydrogen (secondary N) is 9. The molecule has 8 amide bonds. The van der Waals surface area contributed by atoms with Gasteiger partial charge in [-0.25, -0.2) is 4.79 Å². The zero-order valence-electron chi connectivity index (χ0n) is 45.5. The predicted octanol–water partition coefficient (Wildman–Crippen LogP) is 4.40. The molecule has 4 aromatic rings. The topological polar surface area (TPSA) is 355 Å². The molecule has 3 heterocycles. The van der Waals surface area contributed by atoms with Gasteiger partial charge in [0.2, 0.25) is 41.4 Å². The average molecular weight is 1180 g/mol. The maximum atomic E-state index is 14.3. The Hall–Kier alpha value is -7.34. The lowest BCUT2D eigenvalue weighted by molar-refractivity contribution is -0.138. The predicted molar refractivity (Wildman–Crippen MR) is 302 cm³/mol. The SMILES string of the molecule is CSCC[C@H](NC(=O)CCc1ccccc1)C(=O)N[C@H]1CCCCNC(=O)C[C@@H](C(=O)NCCC(C)C)NC(=O)[C@H](CCC(=O)O)NC(=O)[C@H](Cc2c[nH]c3cc(Cl)ccc23)NC(=O)O[P+](=O)OCc2cnc(C)c(O)c2CNC1=O. The first kappa shape index (κ1) is 64.5. The Morgan fingerprint density at radius 3 is 2.42 bits per heavy atom. The van der Waals surface area contributed by atoms with Crippen molar-refractivity contribution in [3.05, 3.63) is 93.9 Å². The van der Waals surface area contributed by atoms with Crippen LogP contribution in [0, 0.1) is 12.8 Å². The number of amides is 8. The van der Waals surface area contributed by atoms with Crippen LogP contribution in [0.15, 0.2) is 60.9 Å². The van der Waals surface area contributed by atoms with Crippen molar-refractivity contribution in [3.63, 3.8) is 0 Å². The quantitative estimate of drug-likeness (QED) is 0.0615. The third kappa shape index (κ3) is 21.6. The van der Waals surface area contributed by atoms with Gasteiger partial charge in [-0.05, 0) is 93.1 Å². The standard InChI is InChI=1S/C54H70ClN10O14PS/c1-31(2)19-22-57-50(72)44-26-46(67)56-21-9-8-12-39(62-52(74)41(20-23-81-4)61-45(66)17-13-33-10-6-5-7-11-33)49(71)60-29-38-35(28-58-32(3)48(38)70)30-78-80(77)79-54(76)65-43(24-34-27-59-42-25-36(55)14-15-37(34)42)53(75)63-40(51(73)64-44)16-18-47(68)69/h5-7,10-11,14-15,25,27-28,31,39-41,43-44,59H,8-9,12-13,16-24,26,29-30H2,1-4H3,(H9-,56,57,60,61,62,63,64,65,66,67,68,69,70,71,72,73,74,75,76)/p+1/t39-,40-,41-,43-,44-/m0/s1. The second-order valence-electron chi connectivity index (χ2n) is 19.7. The molecule has 1 aliphatic rings. The van der Waals surface area contributed by atoms with E-state index in [2.05, 4.69) is 52.5 Å². The summed E-state index contributed by atoms with van der Waals surface area (Å²) in [5.41, 5.74) is 2.30. The van der Waals surface area contributed by atoms with Crippen molar-refractivity contribution < 1.29 is 67.0 Å².